The Morgan fingerprint density at radius 3 is 2.51 bits per heavy atom. The van der Waals surface area contributed by atoms with E-state index in [1.165, 1.54) is 0 Å². The lowest BCUT2D eigenvalue weighted by atomic mass is 9.96. The Labute approximate surface area is 201 Å². The third-order valence-corrected chi connectivity index (χ3v) is 5.86. The maximum absolute atomic E-state index is 13.6. The van der Waals surface area contributed by atoms with E-state index in [0.717, 1.165) is 16.5 Å². The van der Waals surface area contributed by atoms with Crippen molar-refractivity contribution >= 4 is 23.0 Å². The number of hydrogen-bond donors (Lipinski definition) is 1. The second-order valence-electron chi connectivity index (χ2n) is 8.46. The molecule has 7 heteroatoms. The van der Waals surface area contributed by atoms with Crippen LogP contribution in [-0.2, 0) is 11.2 Å². The van der Waals surface area contributed by atoms with Gasteiger partial charge in [0.25, 0.3) is 0 Å². The minimum absolute atomic E-state index is 0.132. The van der Waals surface area contributed by atoms with E-state index in [4.69, 9.17) is 13.9 Å². The fraction of sp³-hybridized carbons (Fsp3) is 0.143. The number of benzene rings is 3. The molecule has 0 radical (unpaired) electrons. The van der Waals surface area contributed by atoms with Crippen molar-refractivity contribution in [2.24, 2.45) is 0 Å². The van der Waals surface area contributed by atoms with Gasteiger partial charge in [-0.25, -0.2) is 0 Å². The van der Waals surface area contributed by atoms with Crippen molar-refractivity contribution < 1.29 is 28.6 Å². The average molecular weight is 469 g/mol. The van der Waals surface area contributed by atoms with Gasteiger partial charge in [0.2, 0.25) is 12.0 Å². The number of allylic oxidation sites excluding steroid dienone is 1. The van der Waals surface area contributed by atoms with Gasteiger partial charge in [-0.1, -0.05) is 12.1 Å². The van der Waals surface area contributed by atoms with Gasteiger partial charge in [-0.3, -0.25) is 14.5 Å². The van der Waals surface area contributed by atoms with Gasteiger partial charge in [0.1, 0.15) is 22.8 Å². The van der Waals surface area contributed by atoms with Gasteiger partial charge in [0, 0.05) is 22.6 Å². The van der Waals surface area contributed by atoms with Gasteiger partial charge >= 0.3 is 0 Å². The van der Waals surface area contributed by atoms with Crippen molar-refractivity contribution in [3.63, 3.8) is 0 Å². The number of hydrogen-bond acceptors (Lipinski definition) is 7. The van der Waals surface area contributed by atoms with E-state index in [2.05, 4.69) is 0 Å². The maximum atomic E-state index is 13.6. The van der Waals surface area contributed by atoms with Crippen LogP contribution in [0.2, 0.25) is 0 Å². The van der Waals surface area contributed by atoms with Crippen molar-refractivity contribution in [3.05, 3.63) is 89.9 Å². The van der Waals surface area contributed by atoms with Gasteiger partial charge in [-0.05, 0) is 80.2 Å². The lowest BCUT2D eigenvalue weighted by Crippen LogP contribution is -2.34. The average Bonchev–Trinajstić information content (AvgIpc) is 3.24. The van der Waals surface area contributed by atoms with E-state index in [9.17, 15) is 14.7 Å². The largest absolute Gasteiger partial charge is 0.508 e. The summed E-state index contributed by atoms with van der Waals surface area (Å²) < 4.78 is 17.4. The first-order valence-corrected chi connectivity index (χ1v) is 11.1. The molecular weight excluding hydrogens is 446 g/mol. The summed E-state index contributed by atoms with van der Waals surface area (Å²) in [5.74, 6) is 1.18. The molecule has 0 aliphatic carbocycles. The molecule has 35 heavy (non-hydrogen) atoms. The maximum Gasteiger partial charge on any atom is 0.228 e. The molecule has 3 aromatic carbocycles. The number of aromatic hydroxyl groups is 1. The van der Waals surface area contributed by atoms with Crippen LogP contribution in [0.25, 0.3) is 22.1 Å². The number of likely N-dealkylation sites (N-methyl/N-ethyl adjacent to an activating group) is 1. The number of rotatable bonds is 7. The molecule has 0 saturated heterocycles. The van der Waals surface area contributed by atoms with Crippen LogP contribution in [0.3, 0.4) is 0 Å². The molecule has 1 aromatic heterocycles. The molecule has 1 N–H and O–H groups in total. The number of aldehydes is 1. The summed E-state index contributed by atoms with van der Waals surface area (Å²) in [6.45, 7) is 0. The van der Waals surface area contributed by atoms with Crippen LogP contribution < -0.4 is 9.47 Å². The highest BCUT2D eigenvalue weighted by Gasteiger charge is 2.25. The van der Waals surface area contributed by atoms with Crippen LogP contribution in [0.5, 0.6) is 17.2 Å². The third-order valence-electron chi connectivity index (χ3n) is 5.86. The highest BCUT2D eigenvalue weighted by Crippen LogP contribution is 2.40. The van der Waals surface area contributed by atoms with Crippen LogP contribution in [0.15, 0.2) is 77.4 Å². The standard InChI is InChI=1S/C28H23NO6/c1-29(2)25(16-30)34-21-11-7-18(8-12-21)27(32)28-26(17-5-9-20(31)10-6-17)22-14-19-4-3-13-33-23(19)15-24(22)35-28/h3,5-16,25,31H,4H2,1-2H3. The van der Waals surface area contributed by atoms with Crippen molar-refractivity contribution in [1.29, 1.82) is 0 Å². The molecule has 0 saturated carbocycles. The number of fused-ring (bicyclic) bond motifs is 2. The topological polar surface area (TPSA) is 89.2 Å². The molecule has 0 fully saturated rings. The molecule has 0 amide bonds. The van der Waals surface area contributed by atoms with E-state index in [0.29, 0.717) is 40.9 Å². The summed E-state index contributed by atoms with van der Waals surface area (Å²) >= 11 is 0. The second kappa shape index (κ2) is 9.12. The number of ether oxygens (including phenoxy) is 2. The van der Waals surface area contributed by atoms with E-state index < -0.39 is 6.23 Å². The van der Waals surface area contributed by atoms with E-state index in [1.54, 1.807) is 79.9 Å². The highest BCUT2D eigenvalue weighted by atomic mass is 16.5. The summed E-state index contributed by atoms with van der Waals surface area (Å²) in [5, 5.41) is 10.6. The molecule has 1 unspecified atom stereocenters. The Morgan fingerprint density at radius 2 is 1.83 bits per heavy atom. The molecule has 1 aliphatic rings. The summed E-state index contributed by atoms with van der Waals surface area (Å²) in [5.41, 5.74) is 3.33. The minimum Gasteiger partial charge on any atom is -0.508 e. The van der Waals surface area contributed by atoms with E-state index >= 15 is 0 Å². The van der Waals surface area contributed by atoms with E-state index in [1.807, 2.05) is 12.1 Å². The Bertz CT molecular complexity index is 1430. The lowest BCUT2D eigenvalue weighted by molar-refractivity contribution is -0.119. The number of nitrogens with zero attached hydrogens (tertiary/aromatic N) is 1. The zero-order valence-electron chi connectivity index (χ0n) is 19.2. The first-order valence-electron chi connectivity index (χ1n) is 11.1. The molecule has 0 spiro atoms. The van der Waals surface area contributed by atoms with Gasteiger partial charge in [-0.15, -0.1) is 0 Å². The SMILES string of the molecule is CN(C)C(C=O)Oc1ccc(C(=O)c2oc3cc4c(cc3c2-c2ccc(O)cc2)CC=CO4)cc1. The fourth-order valence-corrected chi connectivity index (χ4v) is 4.02. The predicted octanol–water partition coefficient (Wildman–Crippen LogP) is 4.95. The normalized spacial score (nSPS) is 13.3. The third kappa shape index (κ3) is 4.29. The zero-order chi connectivity index (χ0) is 24.5. The molecule has 0 bridgehead atoms. The number of phenols is 1. The number of carbonyl (C=O) groups excluding carboxylic acids is 2. The summed E-state index contributed by atoms with van der Waals surface area (Å²) in [6.07, 6.45) is 4.26. The summed E-state index contributed by atoms with van der Waals surface area (Å²) in [4.78, 5) is 26.5. The van der Waals surface area contributed by atoms with Crippen LogP contribution in [0.4, 0.5) is 0 Å². The van der Waals surface area contributed by atoms with Gasteiger partial charge in [0.05, 0.1) is 6.26 Å². The van der Waals surface area contributed by atoms with Crippen molar-refractivity contribution in [1.82, 2.24) is 4.90 Å². The van der Waals surface area contributed by atoms with Crippen molar-refractivity contribution in [2.45, 2.75) is 12.6 Å². The first-order chi connectivity index (χ1) is 16.9. The van der Waals surface area contributed by atoms with Crippen LogP contribution in [0, 0.1) is 0 Å². The lowest BCUT2D eigenvalue weighted by Gasteiger charge is -2.19. The zero-order valence-corrected chi connectivity index (χ0v) is 19.2. The molecular formula is C28H23NO6. The molecule has 1 aliphatic heterocycles. The fourth-order valence-electron chi connectivity index (χ4n) is 4.02. The van der Waals surface area contributed by atoms with Crippen LogP contribution in [0.1, 0.15) is 21.7 Å². The number of ketones is 1. The Hall–Kier alpha value is -4.36. The van der Waals surface area contributed by atoms with Crippen molar-refractivity contribution in [2.75, 3.05) is 14.1 Å². The second-order valence-corrected chi connectivity index (χ2v) is 8.46. The Balaban J connectivity index is 1.57. The molecule has 176 valence electrons. The summed E-state index contributed by atoms with van der Waals surface area (Å²) in [6, 6.07) is 17.0. The monoisotopic (exact) mass is 469 g/mol. The number of furan rings is 1. The van der Waals surface area contributed by atoms with Gasteiger partial charge in [0.15, 0.2) is 12.0 Å². The van der Waals surface area contributed by atoms with Crippen LogP contribution in [-0.4, -0.2) is 42.4 Å². The number of carbonyl (C=O) groups is 2. The smallest absolute Gasteiger partial charge is 0.228 e. The first kappa shape index (κ1) is 22.4. The Kier molecular flexibility index (Phi) is 5.84. The van der Waals surface area contributed by atoms with Gasteiger partial charge < -0.3 is 19.0 Å². The number of phenolic OH excluding ortho intramolecular Hbond substituents is 1. The molecule has 4 aromatic rings. The minimum atomic E-state index is -0.726. The highest BCUT2D eigenvalue weighted by molar-refractivity contribution is 6.16. The van der Waals surface area contributed by atoms with E-state index in [-0.39, 0.29) is 17.3 Å². The molecule has 2 heterocycles. The van der Waals surface area contributed by atoms with Crippen LogP contribution >= 0.6 is 0 Å². The predicted molar refractivity (Wildman–Crippen MR) is 131 cm³/mol. The molecule has 1 atom stereocenters. The van der Waals surface area contributed by atoms with Crippen molar-refractivity contribution in [3.8, 4) is 28.4 Å². The summed E-state index contributed by atoms with van der Waals surface area (Å²) in [7, 11) is 3.48. The quantitative estimate of drug-likeness (QED) is 0.233. The Morgan fingerprint density at radius 1 is 1.09 bits per heavy atom. The molecule has 7 nitrogen and oxygen atoms in total. The molecule has 5 rings (SSSR count). The van der Waals surface area contributed by atoms with Gasteiger partial charge in [-0.2, -0.15) is 0 Å².